The quantitative estimate of drug-likeness (QED) is 0.644. The molecular weight excluding hydrogens is 324 g/mol. The molecule has 0 aliphatic rings. The molecule has 1 atom stereocenters. The lowest BCUT2D eigenvalue weighted by Gasteiger charge is -2.36. The van der Waals surface area contributed by atoms with Gasteiger partial charge in [0.2, 0.25) is 0 Å². The first-order valence-corrected chi connectivity index (χ1v) is 8.74. The summed E-state index contributed by atoms with van der Waals surface area (Å²) < 4.78 is 11.7. The van der Waals surface area contributed by atoms with Crippen molar-refractivity contribution >= 4 is 0 Å². The molecule has 134 valence electrons. The number of aliphatic hydroxyl groups excluding tert-OH is 1. The molecular formula is C23H24O3. The summed E-state index contributed by atoms with van der Waals surface area (Å²) >= 11 is 0. The molecule has 0 aliphatic heterocycles. The Labute approximate surface area is 154 Å². The molecule has 3 heteroatoms. The van der Waals surface area contributed by atoms with Crippen molar-refractivity contribution in [2.75, 3.05) is 13.7 Å². The molecule has 3 aromatic carbocycles. The number of aliphatic hydroxyl groups is 1. The van der Waals surface area contributed by atoms with E-state index in [2.05, 4.69) is 24.3 Å². The lowest BCUT2D eigenvalue weighted by molar-refractivity contribution is -0.0325. The first-order chi connectivity index (χ1) is 12.7. The van der Waals surface area contributed by atoms with Gasteiger partial charge in [-0.15, -0.1) is 0 Å². The topological polar surface area (TPSA) is 38.7 Å². The van der Waals surface area contributed by atoms with Crippen molar-refractivity contribution in [3.8, 4) is 5.75 Å². The van der Waals surface area contributed by atoms with Gasteiger partial charge in [0.1, 0.15) is 11.4 Å². The minimum atomic E-state index is -0.814. The molecule has 0 fully saturated rings. The fraction of sp³-hybridized carbons (Fsp3) is 0.217. The minimum Gasteiger partial charge on any atom is -0.497 e. The Bertz CT molecular complexity index is 756. The van der Waals surface area contributed by atoms with Crippen LogP contribution in [0.15, 0.2) is 84.9 Å². The zero-order valence-corrected chi connectivity index (χ0v) is 15.1. The van der Waals surface area contributed by atoms with Gasteiger partial charge in [-0.25, -0.2) is 0 Å². The van der Waals surface area contributed by atoms with E-state index in [-0.39, 0.29) is 6.61 Å². The van der Waals surface area contributed by atoms with Gasteiger partial charge in [-0.1, -0.05) is 72.8 Å². The summed E-state index contributed by atoms with van der Waals surface area (Å²) in [4.78, 5) is 0. The van der Waals surface area contributed by atoms with Gasteiger partial charge in [-0.05, 0) is 35.7 Å². The number of hydrogen-bond donors (Lipinski definition) is 1. The van der Waals surface area contributed by atoms with Crippen LogP contribution in [0.3, 0.4) is 0 Å². The van der Waals surface area contributed by atoms with E-state index in [0.29, 0.717) is 0 Å². The van der Waals surface area contributed by atoms with E-state index in [9.17, 15) is 5.11 Å². The summed E-state index contributed by atoms with van der Waals surface area (Å²) in [5.41, 5.74) is 2.19. The van der Waals surface area contributed by atoms with Crippen LogP contribution in [0.4, 0.5) is 0 Å². The van der Waals surface area contributed by atoms with Gasteiger partial charge < -0.3 is 14.6 Å². The molecule has 0 amide bonds. The van der Waals surface area contributed by atoms with E-state index in [1.54, 1.807) is 14.0 Å². The van der Waals surface area contributed by atoms with Crippen LogP contribution in [-0.2, 0) is 10.3 Å². The van der Waals surface area contributed by atoms with Gasteiger partial charge >= 0.3 is 0 Å². The van der Waals surface area contributed by atoms with Gasteiger partial charge in [0.15, 0.2) is 0 Å². The zero-order valence-electron chi connectivity index (χ0n) is 15.1. The fourth-order valence-electron chi connectivity index (χ4n) is 3.17. The molecule has 0 radical (unpaired) electrons. The van der Waals surface area contributed by atoms with Crippen LogP contribution >= 0.6 is 0 Å². The van der Waals surface area contributed by atoms with Crippen LogP contribution in [0.25, 0.3) is 0 Å². The first-order valence-electron chi connectivity index (χ1n) is 8.74. The lowest BCUT2D eigenvalue weighted by Crippen LogP contribution is -2.35. The fourth-order valence-corrected chi connectivity index (χ4v) is 3.17. The molecule has 3 rings (SSSR count). The number of methoxy groups -OCH3 is 1. The van der Waals surface area contributed by atoms with E-state index in [4.69, 9.17) is 9.47 Å². The summed E-state index contributed by atoms with van der Waals surface area (Å²) in [6, 6.07) is 28.1. The van der Waals surface area contributed by atoms with Crippen molar-refractivity contribution in [2.45, 2.75) is 18.6 Å². The second kappa shape index (κ2) is 8.17. The predicted molar refractivity (Wildman–Crippen MR) is 103 cm³/mol. The highest BCUT2D eigenvalue weighted by Gasteiger charge is 2.37. The van der Waals surface area contributed by atoms with Crippen LogP contribution in [0.5, 0.6) is 5.75 Å². The largest absolute Gasteiger partial charge is 0.497 e. The average Bonchev–Trinajstić information content (AvgIpc) is 2.70. The predicted octanol–water partition coefficient (Wildman–Crippen LogP) is 4.38. The molecule has 1 unspecified atom stereocenters. The highest BCUT2D eigenvalue weighted by Crippen LogP contribution is 2.41. The third-order valence-corrected chi connectivity index (χ3v) is 4.40. The van der Waals surface area contributed by atoms with Gasteiger partial charge in [0.05, 0.1) is 19.8 Å². The molecule has 26 heavy (non-hydrogen) atoms. The molecule has 0 aromatic heterocycles. The molecule has 0 heterocycles. The van der Waals surface area contributed by atoms with Crippen LogP contribution in [-0.4, -0.2) is 24.9 Å². The van der Waals surface area contributed by atoms with Crippen LogP contribution in [0.1, 0.15) is 23.6 Å². The Morgan fingerprint density at radius 2 is 1.23 bits per heavy atom. The Balaban J connectivity index is 2.23. The summed E-state index contributed by atoms with van der Waals surface area (Å²) in [7, 11) is 1.65. The maximum absolute atomic E-state index is 9.89. The molecule has 0 saturated carbocycles. The van der Waals surface area contributed by atoms with E-state index in [1.165, 1.54) is 0 Å². The Morgan fingerprint density at radius 1 is 0.769 bits per heavy atom. The standard InChI is InChI=1S/C23H24O3/c1-18(24)17-26-23(19-9-5-3-6-10-19,20-11-7-4-8-12-20)21-13-15-22(25-2)16-14-21/h3-16,18,24H,17H2,1-2H3. The van der Waals surface area contributed by atoms with Crippen molar-refractivity contribution in [2.24, 2.45) is 0 Å². The Morgan fingerprint density at radius 3 is 1.65 bits per heavy atom. The lowest BCUT2D eigenvalue weighted by atomic mass is 9.80. The summed E-state index contributed by atoms with van der Waals surface area (Å²) in [6.07, 6.45) is -0.569. The third kappa shape index (κ3) is 3.64. The molecule has 3 nitrogen and oxygen atoms in total. The maximum atomic E-state index is 9.89. The zero-order chi connectivity index (χ0) is 18.4. The van der Waals surface area contributed by atoms with Crippen molar-refractivity contribution in [1.82, 2.24) is 0 Å². The van der Waals surface area contributed by atoms with Crippen molar-refractivity contribution in [1.29, 1.82) is 0 Å². The average molecular weight is 348 g/mol. The number of benzene rings is 3. The third-order valence-electron chi connectivity index (χ3n) is 4.40. The van der Waals surface area contributed by atoms with E-state index >= 15 is 0 Å². The van der Waals surface area contributed by atoms with Gasteiger partial charge in [-0.2, -0.15) is 0 Å². The highest BCUT2D eigenvalue weighted by molar-refractivity contribution is 5.48. The Kier molecular flexibility index (Phi) is 5.71. The number of hydrogen-bond acceptors (Lipinski definition) is 3. The number of rotatable bonds is 7. The van der Waals surface area contributed by atoms with E-state index in [1.807, 2.05) is 60.7 Å². The smallest absolute Gasteiger partial charge is 0.143 e. The van der Waals surface area contributed by atoms with Crippen molar-refractivity contribution in [3.63, 3.8) is 0 Å². The maximum Gasteiger partial charge on any atom is 0.143 e. The van der Waals surface area contributed by atoms with E-state index < -0.39 is 11.7 Å². The molecule has 3 aromatic rings. The normalized spacial score (nSPS) is 12.6. The van der Waals surface area contributed by atoms with E-state index in [0.717, 1.165) is 22.4 Å². The van der Waals surface area contributed by atoms with Gasteiger partial charge in [-0.3, -0.25) is 0 Å². The summed E-state index contributed by atoms with van der Waals surface area (Å²) in [5.74, 6) is 0.791. The molecule has 0 aliphatic carbocycles. The minimum absolute atomic E-state index is 0.218. The van der Waals surface area contributed by atoms with Gasteiger partial charge in [0, 0.05) is 0 Å². The number of ether oxygens (including phenoxy) is 2. The highest BCUT2D eigenvalue weighted by atomic mass is 16.5. The summed E-state index contributed by atoms with van der Waals surface area (Å²) in [5, 5.41) is 9.89. The van der Waals surface area contributed by atoms with Crippen LogP contribution in [0, 0.1) is 0 Å². The molecule has 1 N–H and O–H groups in total. The second-order valence-corrected chi connectivity index (χ2v) is 6.30. The van der Waals surface area contributed by atoms with Crippen LogP contribution < -0.4 is 4.74 Å². The molecule has 0 spiro atoms. The van der Waals surface area contributed by atoms with Gasteiger partial charge in [0.25, 0.3) is 0 Å². The summed E-state index contributed by atoms with van der Waals surface area (Å²) in [6.45, 7) is 1.95. The van der Waals surface area contributed by atoms with Crippen molar-refractivity contribution in [3.05, 3.63) is 102 Å². The Hall–Kier alpha value is -2.62. The van der Waals surface area contributed by atoms with Crippen molar-refractivity contribution < 1.29 is 14.6 Å². The SMILES string of the molecule is COc1ccc(C(OCC(C)O)(c2ccccc2)c2ccccc2)cc1. The monoisotopic (exact) mass is 348 g/mol. The second-order valence-electron chi connectivity index (χ2n) is 6.30. The first kappa shape index (κ1) is 18.2. The molecule has 0 bridgehead atoms. The molecule has 0 saturated heterocycles. The van der Waals surface area contributed by atoms with Crippen LogP contribution in [0.2, 0.25) is 0 Å².